The second-order valence-corrected chi connectivity index (χ2v) is 6.56. The van der Waals surface area contributed by atoms with E-state index in [0.717, 1.165) is 23.5 Å². The Labute approximate surface area is 139 Å². The van der Waals surface area contributed by atoms with Crippen LogP contribution in [0.5, 0.6) is 0 Å². The molecule has 1 aromatic carbocycles. The van der Waals surface area contributed by atoms with Crippen LogP contribution >= 0.6 is 38.9 Å². The van der Waals surface area contributed by atoms with Gasteiger partial charge in [-0.2, -0.15) is 13.2 Å². The van der Waals surface area contributed by atoms with Crippen molar-refractivity contribution in [2.45, 2.75) is 12.7 Å². The lowest BCUT2D eigenvalue weighted by atomic mass is 10.1. The molecule has 0 unspecified atom stereocenters. The molecule has 2 rings (SSSR count). The molecule has 1 aromatic heterocycles. The summed E-state index contributed by atoms with van der Waals surface area (Å²) in [5.74, 6) is 0. The molecule has 118 valence electrons. The normalized spacial score (nSPS) is 11.5. The van der Waals surface area contributed by atoms with Gasteiger partial charge >= 0.3 is 6.18 Å². The Balaban J connectivity index is 2.46. The summed E-state index contributed by atoms with van der Waals surface area (Å²) >= 11 is 9.49. The lowest BCUT2D eigenvalue weighted by Gasteiger charge is -2.15. The minimum absolute atomic E-state index is 0.0647. The summed E-state index contributed by atoms with van der Waals surface area (Å²) in [6.07, 6.45) is -3.37. The van der Waals surface area contributed by atoms with Crippen LogP contribution in [0.25, 0.3) is 0 Å². The van der Waals surface area contributed by atoms with Crippen LogP contribution in [0.1, 0.15) is 10.4 Å². The van der Waals surface area contributed by atoms with Gasteiger partial charge in [0.1, 0.15) is 5.69 Å². The third-order valence-corrected chi connectivity index (χ3v) is 4.35. The number of hydrogen-bond acceptors (Lipinski definition) is 5. The van der Waals surface area contributed by atoms with E-state index < -0.39 is 28.0 Å². The second kappa shape index (κ2) is 6.39. The summed E-state index contributed by atoms with van der Waals surface area (Å²) in [5, 5.41) is 13.4. The maximum atomic E-state index is 13.2. The highest BCUT2D eigenvalue weighted by Crippen LogP contribution is 2.44. The largest absolute Gasteiger partial charge is 0.419 e. The number of nitrogens with zero attached hydrogens (tertiary/aromatic N) is 2. The van der Waals surface area contributed by atoms with Crippen molar-refractivity contribution in [2.24, 2.45) is 0 Å². The number of thiazole rings is 1. The van der Waals surface area contributed by atoms with Crippen LogP contribution in [0.15, 0.2) is 22.8 Å². The molecule has 0 aliphatic rings. The number of aromatic nitrogens is 1. The molecule has 11 heteroatoms. The van der Waals surface area contributed by atoms with Crippen molar-refractivity contribution in [3.8, 4) is 0 Å². The van der Waals surface area contributed by atoms with Crippen molar-refractivity contribution >= 4 is 50.2 Å². The fraction of sp³-hybridized carbons (Fsp3) is 0.182. The topological polar surface area (TPSA) is 68.1 Å². The van der Waals surface area contributed by atoms with Gasteiger partial charge in [0.2, 0.25) is 0 Å². The summed E-state index contributed by atoms with van der Waals surface area (Å²) in [6, 6.07) is 2.00. The zero-order valence-corrected chi connectivity index (χ0v) is 13.6. The maximum Gasteiger partial charge on any atom is 0.419 e. The smallest absolute Gasteiger partial charge is 0.374 e. The van der Waals surface area contributed by atoms with Crippen molar-refractivity contribution < 1.29 is 18.1 Å². The van der Waals surface area contributed by atoms with Gasteiger partial charge < -0.3 is 5.32 Å². The first-order valence-corrected chi connectivity index (χ1v) is 7.57. The zero-order chi connectivity index (χ0) is 16.5. The Morgan fingerprint density at radius 3 is 2.64 bits per heavy atom. The number of nitro benzene ring substituents is 1. The highest BCUT2D eigenvalue weighted by Gasteiger charge is 2.39. The summed E-state index contributed by atoms with van der Waals surface area (Å²) in [4.78, 5) is 14.4. The Morgan fingerprint density at radius 2 is 2.14 bits per heavy atom. The molecule has 0 atom stereocenters. The summed E-state index contributed by atoms with van der Waals surface area (Å²) in [6.45, 7) is -0.0647. The molecular formula is C11H6BrClF3N3O2S. The summed E-state index contributed by atoms with van der Waals surface area (Å²) in [5.41, 5.74) is -2.39. The Morgan fingerprint density at radius 1 is 1.45 bits per heavy atom. The molecule has 5 nitrogen and oxygen atoms in total. The first-order chi connectivity index (χ1) is 10.2. The molecular weight excluding hydrogens is 411 g/mol. The lowest BCUT2D eigenvalue weighted by molar-refractivity contribution is -0.384. The van der Waals surface area contributed by atoms with Crippen LogP contribution in [0.4, 0.5) is 24.5 Å². The average Bonchev–Trinajstić information content (AvgIpc) is 2.80. The monoisotopic (exact) mass is 415 g/mol. The van der Waals surface area contributed by atoms with Crippen LogP contribution in [0.2, 0.25) is 4.47 Å². The van der Waals surface area contributed by atoms with E-state index in [1.54, 1.807) is 0 Å². The first kappa shape index (κ1) is 17.0. The van der Waals surface area contributed by atoms with Gasteiger partial charge in [0, 0.05) is 21.6 Å². The van der Waals surface area contributed by atoms with Crippen LogP contribution in [-0.4, -0.2) is 9.91 Å². The third-order valence-electron chi connectivity index (χ3n) is 2.58. The van der Waals surface area contributed by atoms with Crippen molar-refractivity contribution in [3.05, 3.63) is 47.8 Å². The molecule has 1 N–H and O–H groups in total. The molecule has 2 aromatic rings. The van der Waals surface area contributed by atoms with Crippen LogP contribution in [0.3, 0.4) is 0 Å². The molecule has 0 aliphatic carbocycles. The van der Waals surface area contributed by atoms with E-state index in [9.17, 15) is 23.3 Å². The van der Waals surface area contributed by atoms with E-state index in [2.05, 4.69) is 26.2 Å². The molecule has 1 heterocycles. The van der Waals surface area contributed by atoms with Gasteiger partial charge in [0.15, 0.2) is 4.47 Å². The average molecular weight is 417 g/mol. The van der Waals surface area contributed by atoms with Gasteiger partial charge in [-0.05, 0) is 6.07 Å². The molecule has 0 saturated carbocycles. The molecule has 0 spiro atoms. The number of rotatable bonds is 4. The Bertz CT molecular complexity index is 723. The third kappa shape index (κ3) is 3.68. The highest BCUT2D eigenvalue weighted by atomic mass is 79.9. The van der Waals surface area contributed by atoms with E-state index in [-0.39, 0.29) is 15.5 Å². The standard InChI is InChI=1S/C11H6BrClF3N3O2S/c12-6-1-2-7(19(20)21)9(8(6)11(14,15)16)17-3-5-4-18-10(13)22-5/h1-2,4,17H,3H2. The van der Waals surface area contributed by atoms with Gasteiger partial charge in [-0.25, -0.2) is 4.98 Å². The Kier molecular flexibility index (Phi) is 4.93. The molecule has 0 amide bonds. The van der Waals surface area contributed by atoms with Gasteiger partial charge in [0.25, 0.3) is 5.69 Å². The predicted molar refractivity (Wildman–Crippen MR) is 80.2 cm³/mol. The maximum absolute atomic E-state index is 13.2. The SMILES string of the molecule is O=[N+]([O-])c1ccc(Br)c(C(F)(F)F)c1NCc1cnc(Cl)s1. The lowest BCUT2D eigenvalue weighted by Crippen LogP contribution is -2.13. The molecule has 0 bridgehead atoms. The van der Waals surface area contributed by atoms with Crippen molar-refractivity contribution in [2.75, 3.05) is 5.32 Å². The van der Waals surface area contributed by atoms with Crippen LogP contribution in [0, 0.1) is 10.1 Å². The predicted octanol–water partition coefficient (Wildman–Crippen LogP) is 5.10. The van der Waals surface area contributed by atoms with E-state index in [4.69, 9.17) is 11.6 Å². The summed E-state index contributed by atoms with van der Waals surface area (Å²) in [7, 11) is 0. The minimum Gasteiger partial charge on any atom is -0.374 e. The van der Waals surface area contributed by atoms with Gasteiger partial charge in [-0.3, -0.25) is 10.1 Å². The molecule has 0 saturated heterocycles. The number of alkyl halides is 3. The quantitative estimate of drug-likeness (QED) is 0.556. The van der Waals surface area contributed by atoms with Crippen molar-refractivity contribution in [1.82, 2.24) is 4.98 Å². The zero-order valence-electron chi connectivity index (χ0n) is 10.4. The molecule has 22 heavy (non-hydrogen) atoms. The minimum atomic E-state index is -4.75. The number of hydrogen-bond donors (Lipinski definition) is 1. The molecule has 0 fully saturated rings. The van der Waals surface area contributed by atoms with Crippen LogP contribution in [-0.2, 0) is 12.7 Å². The number of nitro groups is 1. The van der Waals surface area contributed by atoms with E-state index in [1.165, 1.54) is 6.20 Å². The number of halogens is 5. The van der Waals surface area contributed by atoms with Gasteiger partial charge in [0.05, 0.1) is 17.0 Å². The van der Waals surface area contributed by atoms with Crippen molar-refractivity contribution in [3.63, 3.8) is 0 Å². The molecule has 0 aliphatic heterocycles. The fourth-order valence-electron chi connectivity index (χ4n) is 1.72. The van der Waals surface area contributed by atoms with Gasteiger partial charge in [-0.15, -0.1) is 11.3 Å². The van der Waals surface area contributed by atoms with Crippen LogP contribution < -0.4 is 5.32 Å². The van der Waals surface area contributed by atoms with E-state index >= 15 is 0 Å². The van der Waals surface area contributed by atoms with E-state index in [1.807, 2.05) is 0 Å². The fourth-order valence-corrected chi connectivity index (χ4v) is 3.19. The molecule has 0 radical (unpaired) electrons. The summed E-state index contributed by atoms with van der Waals surface area (Å²) < 4.78 is 39.4. The highest BCUT2D eigenvalue weighted by molar-refractivity contribution is 9.10. The van der Waals surface area contributed by atoms with E-state index in [0.29, 0.717) is 4.88 Å². The Hall–Kier alpha value is -1.39. The first-order valence-electron chi connectivity index (χ1n) is 5.58. The number of anilines is 1. The second-order valence-electron chi connectivity index (χ2n) is 4.00. The van der Waals surface area contributed by atoms with Crippen molar-refractivity contribution in [1.29, 1.82) is 0 Å². The number of nitrogens with one attached hydrogen (secondary N) is 1. The number of benzene rings is 1. The van der Waals surface area contributed by atoms with Gasteiger partial charge in [-0.1, -0.05) is 27.5 Å².